The molecule has 2 aromatic rings. The molecule has 8 heteroatoms. The molecule has 220 valence electrons. The second-order valence-corrected chi connectivity index (χ2v) is 9.79. The van der Waals surface area contributed by atoms with Crippen molar-refractivity contribution in [1.82, 2.24) is 20.6 Å². The summed E-state index contributed by atoms with van der Waals surface area (Å²) in [6.45, 7) is 19.8. The van der Waals surface area contributed by atoms with Gasteiger partial charge in [0.1, 0.15) is 12.6 Å². The first-order valence-corrected chi connectivity index (χ1v) is 13.7. The van der Waals surface area contributed by atoms with Crippen LogP contribution in [0.3, 0.4) is 0 Å². The summed E-state index contributed by atoms with van der Waals surface area (Å²) in [5, 5.41) is 13.0. The van der Waals surface area contributed by atoms with Crippen molar-refractivity contribution in [1.29, 1.82) is 0 Å². The second kappa shape index (κ2) is 18.9. The smallest absolute Gasteiger partial charge is 0.230 e. The van der Waals surface area contributed by atoms with E-state index in [0.717, 1.165) is 53.3 Å². The van der Waals surface area contributed by atoms with E-state index in [0.29, 0.717) is 18.9 Å². The summed E-state index contributed by atoms with van der Waals surface area (Å²) in [4.78, 5) is 30.1. The predicted molar refractivity (Wildman–Crippen MR) is 173 cm³/mol. The minimum Gasteiger partial charge on any atom is -0.369 e. The van der Waals surface area contributed by atoms with Crippen LogP contribution in [0.5, 0.6) is 0 Å². The third kappa shape index (κ3) is 11.8. The van der Waals surface area contributed by atoms with E-state index in [1.54, 1.807) is 6.08 Å². The molecule has 0 aliphatic heterocycles. The van der Waals surface area contributed by atoms with Crippen LogP contribution in [0.1, 0.15) is 44.7 Å². The number of aryl methyl sites for hydroxylation is 1. The number of carbonyl (C=O) groups excluding carboxylic acids is 2. The molecule has 1 heterocycles. The molecule has 1 aromatic heterocycles. The number of anilines is 3. The molecule has 0 radical (unpaired) electrons. The fourth-order valence-corrected chi connectivity index (χ4v) is 3.73. The van der Waals surface area contributed by atoms with E-state index in [2.05, 4.69) is 58.5 Å². The Balaban J connectivity index is 0.00000411. The molecule has 0 atom stereocenters. The first-order chi connectivity index (χ1) is 19.7. The van der Waals surface area contributed by atoms with Crippen LogP contribution in [0.4, 0.5) is 17.5 Å². The molecule has 0 bridgehead atoms. The molecule has 0 unspecified atom stereocenters. The van der Waals surface area contributed by atoms with Gasteiger partial charge in [0.05, 0.1) is 5.41 Å². The Hall–Kier alpha value is -4.30. The van der Waals surface area contributed by atoms with E-state index >= 15 is 0 Å². The molecule has 0 saturated heterocycles. The largest absolute Gasteiger partial charge is 0.369 e. The Morgan fingerprint density at radius 2 is 1.88 bits per heavy atom. The van der Waals surface area contributed by atoms with Gasteiger partial charge >= 0.3 is 0 Å². The summed E-state index contributed by atoms with van der Waals surface area (Å²) < 4.78 is 0. The van der Waals surface area contributed by atoms with Crippen LogP contribution in [0.2, 0.25) is 0 Å². The van der Waals surface area contributed by atoms with Gasteiger partial charge in [-0.1, -0.05) is 61.7 Å². The molecular weight excluding hydrogens is 512 g/mol. The molecule has 1 amide bonds. The van der Waals surface area contributed by atoms with Gasteiger partial charge in [0, 0.05) is 30.5 Å². The first-order valence-electron chi connectivity index (χ1n) is 13.7. The van der Waals surface area contributed by atoms with Crippen molar-refractivity contribution in [3.63, 3.8) is 0 Å². The SMILES string of the molecule is C=C/C=C(\C=C/CCNC(=O)C(C)(C)C(=C)/C=C\C)c1cnc(Nc2cccc(C)c2)nc1NCCCNC.C=O. The Labute approximate surface area is 245 Å². The number of allylic oxidation sites excluding steroid dienone is 6. The number of aromatic nitrogens is 2. The summed E-state index contributed by atoms with van der Waals surface area (Å²) in [7, 11) is 1.94. The molecule has 0 aliphatic rings. The van der Waals surface area contributed by atoms with E-state index in [9.17, 15) is 4.79 Å². The molecular formula is C33H46N6O2. The van der Waals surface area contributed by atoms with Crippen molar-refractivity contribution < 1.29 is 9.59 Å². The van der Waals surface area contributed by atoms with Gasteiger partial charge in [-0.15, -0.1) is 0 Å². The highest BCUT2D eigenvalue weighted by atomic mass is 16.2. The van der Waals surface area contributed by atoms with Gasteiger partial charge in [0.25, 0.3) is 0 Å². The highest BCUT2D eigenvalue weighted by molar-refractivity contribution is 5.85. The van der Waals surface area contributed by atoms with E-state index in [4.69, 9.17) is 9.78 Å². The molecule has 4 N–H and O–H groups in total. The number of benzene rings is 1. The maximum absolute atomic E-state index is 12.7. The Morgan fingerprint density at radius 3 is 2.54 bits per heavy atom. The third-order valence-electron chi connectivity index (χ3n) is 6.20. The minimum absolute atomic E-state index is 0.0426. The fraction of sp³-hybridized carbons (Fsp3) is 0.333. The second-order valence-electron chi connectivity index (χ2n) is 9.79. The first kappa shape index (κ1) is 34.7. The maximum atomic E-state index is 12.7. The molecule has 8 nitrogen and oxygen atoms in total. The molecule has 0 saturated carbocycles. The zero-order valence-corrected chi connectivity index (χ0v) is 25.2. The van der Waals surface area contributed by atoms with Gasteiger partial charge in [-0.05, 0) is 83.0 Å². The molecule has 0 spiro atoms. The molecule has 2 rings (SSSR count). The normalized spacial score (nSPS) is 11.6. The van der Waals surface area contributed by atoms with Gasteiger partial charge in [0.15, 0.2) is 0 Å². The molecule has 1 aromatic carbocycles. The van der Waals surface area contributed by atoms with E-state index in [1.165, 1.54) is 0 Å². The van der Waals surface area contributed by atoms with Gasteiger partial charge in [-0.25, -0.2) is 4.98 Å². The number of nitrogens with one attached hydrogen (secondary N) is 4. The van der Waals surface area contributed by atoms with Crippen molar-refractivity contribution in [3.05, 3.63) is 96.8 Å². The van der Waals surface area contributed by atoms with Gasteiger partial charge in [-0.2, -0.15) is 4.98 Å². The lowest BCUT2D eigenvalue weighted by atomic mass is 9.84. The Bertz CT molecular complexity index is 1230. The maximum Gasteiger partial charge on any atom is 0.230 e. The van der Waals surface area contributed by atoms with Crippen LogP contribution in [-0.4, -0.2) is 49.3 Å². The standard InChI is InChI=1S/C32H44N6O.CH2O/c1-8-14-25(4)32(5,6)30(39)35-20-11-10-17-26(15-9-2)28-23-36-31(37-27-18-12-16-24(3)22-27)38-29(28)34-21-13-19-33-7;1-2/h8-10,12,14-18,22-23,33H,2,4,11,13,19-21H2,1,3,5-7H3,(H,35,39)(H2,34,36,37,38);1H2/b14-8-,17-10-,26-15+;. The van der Waals surface area contributed by atoms with Crippen molar-refractivity contribution in [2.75, 3.05) is 37.3 Å². The molecule has 0 aliphatic carbocycles. The lowest BCUT2D eigenvalue weighted by Gasteiger charge is -2.24. The average Bonchev–Trinajstić information content (AvgIpc) is 2.96. The van der Waals surface area contributed by atoms with Crippen LogP contribution in [0.25, 0.3) is 5.57 Å². The van der Waals surface area contributed by atoms with E-state index < -0.39 is 5.41 Å². The summed E-state index contributed by atoms with van der Waals surface area (Å²) >= 11 is 0. The number of hydrogen-bond donors (Lipinski definition) is 4. The quantitative estimate of drug-likeness (QED) is 0.144. The predicted octanol–water partition coefficient (Wildman–Crippen LogP) is 6.16. The zero-order chi connectivity index (χ0) is 30.7. The summed E-state index contributed by atoms with van der Waals surface area (Å²) in [5.74, 6) is 1.22. The fourth-order valence-electron chi connectivity index (χ4n) is 3.73. The minimum atomic E-state index is -0.663. The van der Waals surface area contributed by atoms with E-state index in [1.807, 2.05) is 83.3 Å². The highest BCUT2D eigenvalue weighted by Crippen LogP contribution is 2.27. The van der Waals surface area contributed by atoms with Crippen LogP contribution < -0.4 is 21.3 Å². The average molecular weight is 559 g/mol. The molecule has 0 fully saturated rings. The zero-order valence-electron chi connectivity index (χ0n) is 25.2. The number of hydrogen-bond acceptors (Lipinski definition) is 7. The number of rotatable bonds is 16. The summed E-state index contributed by atoms with van der Waals surface area (Å²) in [6.07, 6.45) is 15.0. The van der Waals surface area contributed by atoms with Crippen molar-refractivity contribution in [3.8, 4) is 0 Å². The van der Waals surface area contributed by atoms with Crippen LogP contribution in [-0.2, 0) is 9.59 Å². The van der Waals surface area contributed by atoms with Gasteiger partial charge < -0.3 is 26.1 Å². The monoisotopic (exact) mass is 558 g/mol. The Morgan fingerprint density at radius 1 is 1.12 bits per heavy atom. The number of carbonyl (C=O) groups is 2. The third-order valence-corrected chi connectivity index (χ3v) is 6.20. The van der Waals surface area contributed by atoms with Crippen molar-refractivity contribution in [2.24, 2.45) is 5.41 Å². The lowest BCUT2D eigenvalue weighted by molar-refractivity contribution is -0.127. The van der Waals surface area contributed by atoms with Crippen LogP contribution in [0, 0.1) is 12.3 Å². The summed E-state index contributed by atoms with van der Waals surface area (Å²) in [6, 6.07) is 8.10. The Kier molecular flexibility index (Phi) is 16.0. The lowest BCUT2D eigenvalue weighted by Crippen LogP contribution is -2.38. The number of nitrogens with zero attached hydrogens (tertiary/aromatic N) is 2. The topological polar surface area (TPSA) is 108 Å². The van der Waals surface area contributed by atoms with Gasteiger partial charge in [-0.3, -0.25) is 4.79 Å². The van der Waals surface area contributed by atoms with Gasteiger partial charge in [0.2, 0.25) is 11.9 Å². The van der Waals surface area contributed by atoms with Crippen LogP contribution in [0.15, 0.2) is 85.6 Å². The highest BCUT2D eigenvalue weighted by Gasteiger charge is 2.28. The van der Waals surface area contributed by atoms with E-state index in [-0.39, 0.29) is 5.91 Å². The molecule has 41 heavy (non-hydrogen) atoms. The number of amides is 1. The van der Waals surface area contributed by atoms with Crippen molar-refractivity contribution >= 4 is 35.7 Å². The van der Waals surface area contributed by atoms with Crippen LogP contribution >= 0.6 is 0 Å². The van der Waals surface area contributed by atoms with Crippen molar-refractivity contribution in [2.45, 2.75) is 40.5 Å². The summed E-state index contributed by atoms with van der Waals surface area (Å²) in [5.41, 5.74) is 4.01.